The third kappa shape index (κ3) is 5.20. The van der Waals surface area contributed by atoms with Gasteiger partial charge in [0.1, 0.15) is 18.1 Å². The largest absolute Gasteiger partial charge is 0.480 e. The molecule has 28 heavy (non-hydrogen) atoms. The second kappa shape index (κ2) is 9.83. The Morgan fingerprint density at radius 2 is 1.86 bits per heavy atom. The average molecular weight is 398 g/mol. The van der Waals surface area contributed by atoms with Crippen LogP contribution in [-0.4, -0.2) is 82.7 Å². The van der Waals surface area contributed by atoms with Crippen molar-refractivity contribution in [3.8, 4) is 0 Å². The third-order valence-electron chi connectivity index (χ3n) is 5.24. The van der Waals surface area contributed by atoms with E-state index in [2.05, 4.69) is 16.0 Å². The maximum Gasteiger partial charge on any atom is 0.326 e. The van der Waals surface area contributed by atoms with Gasteiger partial charge in [0, 0.05) is 6.54 Å². The first-order chi connectivity index (χ1) is 13.3. The molecule has 10 heteroatoms. The molecule has 0 spiro atoms. The van der Waals surface area contributed by atoms with Crippen LogP contribution in [0.15, 0.2) is 0 Å². The Kier molecular flexibility index (Phi) is 7.76. The zero-order chi connectivity index (χ0) is 20.8. The summed E-state index contributed by atoms with van der Waals surface area (Å²) < 4.78 is 0. The Bertz CT molecular complexity index is 605. The fourth-order valence-corrected chi connectivity index (χ4v) is 3.61. The minimum atomic E-state index is -1.18. The smallest absolute Gasteiger partial charge is 0.326 e. The third-order valence-corrected chi connectivity index (χ3v) is 5.24. The van der Waals surface area contributed by atoms with E-state index in [9.17, 15) is 29.4 Å². The zero-order valence-corrected chi connectivity index (χ0v) is 16.3. The van der Waals surface area contributed by atoms with E-state index in [4.69, 9.17) is 0 Å². The Labute approximate surface area is 164 Å². The Morgan fingerprint density at radius 3 is 2.39 bits per heavy atom. The predicted octanol–water partition coefficient (Wildman–Crippen LogP) is -1.57. The molecule has 5 N–H and O–H groups in total. The van der Waals surface area contributed by atoms with E-state index >= 15 is 0 Å². The molecule has 0 aromatic carbocycles. The number of nitrogens with zero attached hydrogens (tertiary/aromatic N) is 1. The van der Waals surface area contributed by atoms with Crippen molar-refractivity contribution < 1.29 is 29.4 Å². The maximum absolute atomic E-state index is 12.9. The number of likely N-dealkylation sites (tertiary alicyclic amines) is 1. The number of aliphatic carboxylic acids is 1. The van der Waals surface area contributed by atoms with Gasteiger partial charge in [0.05, 0.1) is 12.6 Å². The number of nitrogens with one attached hydrogen (secondary N) is 3. The number of hydrogen-bond acceptors (Lipinski definition) is 6. The van der Waals surface area contributed by atoms with Crippen molar-refractivity contribution in [2.24, 2.45) is 5.92 Å². The summed E-state index contributed by atoms with van der Waals surface area (Å²) in [7, 11) is 0. The van der Waals surface area contributed by atoms with Gasteiger partial charge in [0.2, 0.25) is 17.7 Å². The van der Waals surface area contributed by atoms with E-state index in [1.165, 1.54) is 4.90 Å². The molecule has 3 amide bonds. The van der Waals surface area contributed by atoms with Crippen LogP contribution in [0.2, 0.25) is 0 Å². The van der Waals surface area contributed by atoms with E-state index < -0.39 is 48.6 Å². The molecule has 0 bridgehead atoms. The van der Waals surface area contributed by atoms with Crippen LogP contribution in [0.4, 0.5) is 0 Å². The van der Waals surface area contributed by atoms with Gasteiger partial charge in [-0.3, -0.25) is 14.4 Å². The highest BCUT2D eigenvalue weighted by Crippen LogP contribution is 2.20. The van der Waals surface area contributed by atoms with E-state index in [-0.39, 0.29) is 11.8 Å². The normalized spacial score (nSPS) is 24.1. The molecule has 2 fully saturated rings. The molecule has 0 aromatic heterocycles. The number of carbonyl (C=O) groups excluding carboxylic acids is 3. The van der Waals surface area contributed by atoms with E-state index in [0.29, 0.717) is 25.8 Å². The number of aliphatic hydroxyl groups excluding tert-OH is 1. The first kappa shape index (κ1) is 22.1. The van der Waals surface area contributed by atoms with E-state index in [0.717, 1.165) is 13.0 Å². The highest BCUT2D eigenvalue weighted by molar-refractivity contribution is 5.94. The van der Waals surface area contributed by atoms with E-state index in [1.807, 2.05) is 0 Å². The van der Waals surface area contributed by atoms with Crippen LogP contribution in [-0.2, 0) is 19.2 Å². The summed E-state index contributed by atoms with van der Waals surface area (Å²) in [6.45, 7) is 3.92. The van der Waals surface area contributed by atoms with Crippen LogP contribution in [0.25, 0.3) is 0 Å². The van der Waals surface area contributed by atoms with Gasteiger partial charge in [-0.15, -0.1) is 0 Å². The number of carboxylic acid groups (broad SMARTS) is 1. The number of carbonyl (C=O) groups is 4. The SMILES string of the molecule is CC(C)C(NC(=O)C(CO)NC(=O)C1CCCN1)C(=O)N1CCCC1C(=O)O. The summed E-state index contributed by atoms with van der Waals surface area (Å²) in [4.78, 5) is 50.3. The molecule has 0 saturated carbocycles. The molecule has 4 unspecified atom stereocenters. The van der Waals surface area contributed by atoms with Crippen molar-refractivity contribution in [2.75, 3.05) is 19.7 Å². The zero-order valence-electron chi connectivity index (χ0n) is 16.3. The van der Waals surface area contributed by atoms with Crippen molar-refractivity contribution >= 4 is 23.7 Å². The van der Waals surface area contributed by atoms with Crippen LogP contribution in [0.5, 0.6) is 0 Å². The predicted molar refractivity (Wildman–Crippen MR) is 99.2 cm³/mol. The van der Waals surface area contributed by atoms with Gasteiger partial charge in [-0.2, -0.15) is 0 Å². The molecule has 158 valence electrons. The van der Waals surface area contributed by atoms with Gasteiger partial charge in [0.15, 0.2) is 0 Å². The Balaban J connectivity index is 2.02. The molecule has 2 saturated heterocycles. The molecule has 10 nitrogen and oxygen atoms in total. The molecule has 2 heterocycles. The summed E-state index contributed by atoms with van der Waals surface area (Å²) in [6.07, 6.45) is 2.48. The van der Waals surface area contributed by atoms with Crippen LogP contribution in [0, 0.1) is 5.92 Å². The first-order valence-corrected chi connectivity index (χ1v) is 9.74. The highest BCUT2D eigenvalue weighted by atomic mass is 16.4. The molecule has 2 aliphatic rings. The maximum atomic E-state index is 12.9. The minimum absolute atomic E-state index is 0.293. The van der Waals surface area contributed by atoms with Gasteiger partial charge in [-0.05, 0) is 38.1 Å². The van der Waals surface area contributed by atoms with Crippen molar-refractivity contribution in [3.63, 3.8) is 0 Å². The number of carboxylic acids is 1. The summed E-state index contributed by atoms with van der Waals surface area (Å²) >= 11 is 0. The first-order valence-electron chi connectivity index (χ1n) is 9.74. The van der Waals surface area contributed by atoms with Gasteiger partial charge in [0.25, 0.3) is 0 Å². The molecule has 0 aromatic rings. The van der Waals surface area contributed by atoms with Crippen molar-refractivity contribution in [1.82, 2.24) is 20.9 Å². The van der Waals surface area contributed by atoms with Gasteiger partial charge < -0.3 is 31.1 Å². The monoisotopic (exact) mass is 398 g/mol. The number of aliphatic hydroxyl groups is 1. The molecular formula is C18H30N4O6. The van der Waals surface area contributed by atoms with Gasteiger partial charge in [-0.1, -0.05) is 13.8 Å². The molecule has 2 aliphatic heterocycles. The lowest BCUT2D eigenvalue weighted by Crippen LogP contribution is -2.59. The molecule has 2 rings (SSSR count). The van der Waals surface area contributed by atoms with Crippen LogP contribution < -0.4 is 16.0 Å². The standard InChI is InChI=1S/C18H30N4O6/c1-10(2)14(17(26)22-8-4-6-13(22)18(27)28)21-16(25)12(9-23)20-15(24)11-5-3-7-19-11/h10-14,19,23H,3-9H2,1-2H3,(H,20,24)(H,21,25)(H,27,28). The summed E-state index contributed by atoms with van der Waals surface area (Å²) in [5, 5.41) is 26.9. The Hall–Kier alpha value is -2.20. The summed E-state index contributed by atoms with van der Waals surface area (Å²) in [5.74, 6) is -2.87. The lowest BCUT2D eigenvalue weighted by molar-refractivity contribution is -0.150. The molecule has 4 atom stereocenters. The fourth-order valence-electron chi connectivity index (χ4n) is 3.61. The molecular weight excluding hydrogens is 368 g/mol. The van der Waals surface area contributed by atoms with Crippen LogP contribution in [0.1, 0.15) is 39.5 Å². The van der Waals surface area contributed by atoms with E-state index in [1.54, 1.807) is 13.8 Å². The fraction of sp³-hybridized carbons (Fsp3) is 0.778. The Morgan fingerprint density at radius 1 is 1.14 bits per heavy atom. The van der Waals surface area contributed by atoms with Gasteiger partial charge >= 0.3 is 5.97 Å². The lowest BCUT2D eigenvalue weighted by atomic mass is 10.0. The summed E-state index contributed by atoms with van der Waals surface area (Å²) in [6, 6.07) is -3.42. The van der Waals surface area contributed by atoms with Crippen molar-refractivity contribution in [1.29, 1.82) is 0 Å². The van der Waals surface area contributed by atoms with Crippen LogP contribution >= 0.6 is 0 Å². The number of hydrogen-bond donors (Lipinski definition) is 5. The average Bonchev–Trinajstić information content (AvgIpc) is 3.34. The minimum Gasteiger partial charge on any atom is -0.480 e. The van der Waals surface area contributed by atoms with Gasteiger partial charge in [-0.25, -0.2) is 4.79 Å². The molecule has 0 aliphatic carbocycles. The topological polar surface area (TPSA) is 148 Å². The second-order valence-electron chi connectivity index (χ2n) is 7.65. The van der Waals surface area contributed by atoms with Crippen molar-refractivity contribution in [2.45, 2.75) is 63.7 Å². The number of amides is 3. The van der Waals surface area contributed by atoms with Crippen molar-refractivity contribution in [3.05, 3.63) is 0 Å². The molecule has 0 radical (unpaired) electrons. The highest BCUT2D eigenvalue weighted by Gasteiger charge is 2.39. The summed E-state index contributed by atoms with van der Waals surface area (Å²) in [5.41, 5.74) is 0. The number of rotatable bonds is 8. The lowest BCUT2D eigenvalue weighted by Gasteiger charge is -2.30. The second-order valence-corrected chi connectivity index (χ2v) is 7.65. The van der Waals surface area contributed by atoms with Crippen LogP contribution in [0.3, 0.4) is 0 Å². The quantitative estimate of drug-likeness (QED) is 0.332.